The fourth-order valence-electron chi connectivity index (χ4n) is 4.81. The highest BCUT2D eigenvalue weighted by Gasteiger charge is 2.32. The highest BCUT2D eigenvalue weighted by Crippen LogP contribution is 2.29. The molecule has 176 valence electrons. The van der Waals surface area contributed by atoms with Crippen LogP contribution >= 0.6 is 11.6 Å². The van der Waals surface area contributed by atoms with E-state index in [0.717, 1.165) is 55.7 Å². The van der Waals surface area contributed by atoms with Crippen molar-refractivity contribution < 1.29 is 14.3 Å². The molecular formula is C23H29ClN6O3. The van der Waals surface area contributed by atoms with E-state index in [9.17, 15) is 4.79 Å². The number of aromatic nitrogens is 3. The van der Waals surface area contributed by atoms with Crippen molar-refractivity contribution in [2.45, 2.75) is 38.3 Å². The number of nitrogens with one attached hydrogen (secondary N) is 1. The van der Waals surface area contributed by atoms with E-state index >= 15 is 0 Å². The van der Waals surface area contributed by atoms with Crippen LogP contribution in [-0.4, -0.2) is 71.8 Å². The van der Waals surface area contributed by atoms with Gasteiger partial charge in [0.05, 0.1) is 24.7 Å². The highest BCUT2D eigenvalue weighted by atomic mass is 35.5. The normalized spacial score (nSPS) is 21.1. The minimum atomic E-state index is 0.108. The lowest BCUT2D eigenvalue weighted by atomic mass is 9.99. The summed E-state index contributed by atoms with van der Waals surface area (Å²) in [5.41, 5.74) is 3.11. The maximum Gasteiger partial charge on any atom is 0.232 e. The first-order valence-corrected chi connectivity index (χ1v) is 11.9. The summed E-state index contributed by atoms with van der Waals surface area (Å²) in [5, 5.41) is 3.94. The van der Waals surface area contributed by atoms with Gasteiger partial charge in [0.15, 0.2) is 0 Å². The van der Waals surface area contributed by atoms with Gasteiger partial charge in [0, 0.05) is 69.5 Å². The van der Waals surface area contributed by atoms with E-state index in [-0.39, 0.29) is 17.9 Å². The Labute approximate surface area is 198 Å². The number of rotatable bonds is 5. The standard InChI is InChI=1S/C23H29ClN6O3/c1-32-21-19(24)10-18(12-25-21)29-7-3-20-16(13-29)11-26-23(28-20)27-17-2-6-30(14-17)22(31)15-4-8-33-9-5-15/h10-12,15,17H,2-9,13-14H2,1H3,(H,26,27,28)/t17-/m0/s1. The van der Waals surface area contributed by atoms with Gasteiger partial charge in [-0.3, -0.25) is 4.79 Å². The third-order valence-electron chi connectivity index (χ3n) is 6.69. The van der Waals surface area contributed by atoms with Crippen molar-refractivity contribution in [2.75, 3.05) is 50.2 Å². The Hall–Kier alpha value is -2.65. The summed E-state index contributed by atoms with van der Waals surface area (Å²) >= 11 is 6.25. The second kappa shape index (κ2) is 9.69. The Morgan fingerprint density at radius 2 is 2.06 bits per heavy atom. The predicted octanol–water partition coefficient (Wildman–Crippen LogP) is 2.54. The summed E-state index contributed by atoms with van der Waals surface area (Å²) in [6, 6.07) is 2.06. The predicted molar refractivity (Wildman–Crippen MR) is 125 cm³/mol. The Morgan fingerprint density at radius 3 is 2.85 bits per heavy atom. The lowest BCUT2D eigenvalue weighted by Gasteiger charge is -2.30. The van der Waals surface area contributed by atoms with Crippen molar-refractivity contribution in [3.63, 3.8) is 0 Å². The molecule has 2 aromatic rings. The van der Waals surface area contributed by atoms with Crippen LogP contribution in [0.15, 0.2) is 18.5 Å². The van der Waals surface area contributed by atoms with Crippen LogP contribution in [0.4, 0.5) is 11.6 Å². The van der Waals surface area contributed by atoms with Crippen molar-refractivity contribution >= 4 is 29.1 Å². The molecule has 0 aliphatic carbocycles. The first kappa shape index (κ1) is 22.2. The molecule has 0 unspecified atom stereocenters. The molecule has 5 heterocycles. The van der Waals surface area contributed by atoms with Gasteiger partial charge in [-0.25, -0.2) is 15.0 Å². The largest absolute Gasteiger partial charge is 0.480 e. The van der Waals surface area contributed by atoms with E-state index in [1.165, 1.54) is 0 Å². The third-order valence-corrected chi connectivity index (χ3v) is 6.96. The SMILES string of the molecule is COc1ncc(N2CCc3nc(N[C@H]4CCN(C(=O)C5CCOCC5)C4)ncc3C2)cc1Cl. The maximum atomic E-state index is 12.8. The summed E-state index contributed by atoms with van der Waals surface area (Å²) < 4.78 is 10.5. The van der Waals surface area contributed by atoms with E-state index in [1.54, 1.807) is 13.3 Å². The minimum absolute atomic E-state index is 0.108. The number of anilines is 2. The van der Waals surface area contributed by atoms with Crippen LogP contribution in [0.25, 0.3) is 0 Å². The van der Waals surface area contributed by atoms with Gasteiger partial charge in [-0.05, 0) is 25.3 Å². The number of amides is 1. The van der Waals surface area contributed by atoms with Crippen LogP contribution in [-0.2, 0) is 22.5 Å². The van der Waals surface area contributed by atoms with E-state index in [4.69, 9.17) is 26.1 Å². The Balaban J connectivity index is 1.19. The molecule has 0 radical (unpaired) electrons. The maximum absolute atomic E-state index is 12.8. The van der Waals surface area contributed by atoms with Crippen molar-refractivity contribution in [3.05, 3.63) is 34.7 Å². The number of hydrogen-bond acceptors (Lipinski definition) is 8. The zero-order chi connectivity index (χ0) is 22.8. The van der Waals surface area contributed by atoms with E-state index in [2.05, 4.69) is 20.2 Å². The first-order valence-electron chi connectivity index (χ1n) is 11.5. The van der Waals surface area contributed by atoms with Gasteiger partial charge in [-0.15, -0.1) is 0 Å². The van der Waals surface area contributed by atoms with Gasteiger partial charge in [0.1, 0.15) is 5.02 Å². The number of hydrogen-bond donors (Lipinski definition) is 1. The molecule has 2 saturated heterocycles. The van der Waals surface area contributed by atoms with Crippen LogP contribution in [0.5, 0.6) is 5.88 Å². The van der Waals surface area contributed by atoms with Gasteiger partial charge in [-0.1, -0.05) is 11.6 Å². The second-order valence-electron chi connectivity index (χ2n) is 8.82. The van der Waals surface area contributed by atoms with Crippen LogP contribution in [0.1, 0.15) is 30.5 Å². The number of fused-ring (bicyclic) bond motifs is 1. The van der Waals surface area contributed by atoms with E-state index in [1.807, 2.05) is 17.2 Å². The van der Waals surface area contributed by atoms with Crippen LogP contribution < -0.4 is 15.0 Å². The summed E-state index contributed by atoms with van der Waals surface area (Å²) in [6.07, 6.45) is 7.06. The van der Waals surface area contributed by atoms with Crippen LogP contribution in [0.3, 0.4) is 0 Å². The van der Waals surface area contributed by atoms with Crippen molar-refractivity contribution in [1.29, 1.82) is 0 Å². The number of likely N-dealkylation sites (tertiary alicyclic amines) is 1. The number of nitrogens with zero attached hydrogens (tertiary/aromatic N) is 5. The third kappa shape index (κ3) is 4.84. The topological polar surface area (TPSA) is 92.7 Å². The molecule has 1 atom stereocenters. The smallest absolute Gasteiger partial charge is 0.232 e. The summed E-state index contributed by atoms with van der Waals surface area (Å²) in [4.78, 5) is 30.6. The number of pyridine rings is 1. The molecular weight excluding hydrogens is 444 g/mol. The second-order valence-corrected chi connectivity index (χ2v) is 9.23. The average Bonchev–Trinajstić information content (AvgIpc) is 3.32. The number of carbonyl (C=O) groups excluding carboxylic acids is 1. The molecule has 9 nitrogen and oxygen atoms in total. The molecule has 5 rings (SSSR count). The molecule has 0 spiro atoms. The quantitative estimate of drug-likeness (QED) is 0.709. The van der Waals surface area contributed by atoms with Gasteiger partial charge < -0.3 is 24.6 Å². The fraction of sp³-hybridized carbons (Fsp3) is 0.565. The lowest BCUT2D eigenvalue weighted by Crippen LogP contribution is -2.38. The van der Waals surface area contributed by atoms with Crippen LogP contribution in [0.2, 0.25) is 5.02 Å². The van der Waals surface area contributed by atoms with Crippen molar-refractivity contribution in [3.8, 4) is 5.88 Å². The molecule has 3 aliphatic heterocycles. The molecule has 3 aliphatic rings. The summed E-state index contributed by atoms with van der Waals surface area (Å²) in [6.45, 7) is 4.39. The fourth-order valence-corrected chi connectivity index (χ4v) is 5.05. The Morgan fingerprint density at radius 1 is 1.21 bits per heavy atom. The van der Waals surface area contributed by atoms with Crippen molar-refractivity contribution in [1.82, 2.24) is 19.9 Å². The van der Waals surface area contributed by atoms with Gasteiger partial charge in [0.2, 0.25) is 17.7 Å². The minimum Gasteiger partial charge on any atom is -0.480 e. The molecule has 0 saturated carbocycles. The highest BCUT2D eigenvalue weighted by molar-refractivity contribution is 6.32. The first-order chi connectivity index (χ1) is 16.1. The van der Waals surface area contributed by atoms with Crippen molar-refractivity contribution in [2.24, 2.45) is 5.92 Å². The summed E-state index contributed by atoms with van der Waals surface area (Å²) in [7, 11) is 1.56. The molecule has 33 heavy (non-hydrogen) atoms. The van der Waals surface area contributed by atoms with E-state index < -0.39 is 0 Å². The molecule has 1 amide bonds. The monoisotopic (exact) mass is 472 g/mol. The lowest BCUT2D eigenvalue weighted by molar-refractivity contribution is -0.137. The Bertz CT molecular complexity index is 1020. The number of halogens is 1. The van der Waals surface area contributed by atoms with E-state index in [0.29, 0.717) is 43.2 Å². The van der Waals surface area contributed by atoms with Gasteiger partial charge in [-0.2, -0.15) is 0 Å². The van der Waals surface area contributed by atoms with Gasteiger partial charge in [0.25, 0.3) is 0 Å². The number of methoxy groups -OCH3 is 1. The molecule has 0 aromatic carbocycles. The Kier molecular flexibility index (Phi) is 6.50. The summed E-state index contributed by atoms with van der Waals surface area (Å²) in [5.74, 6) is 1.44. The molecule has 1 N–H and O–H groups in total. The zero-order valence-electron chi connectivity index (χ0n) is 18.8. The molecule has 2 fully saturated rings. The molecule has 2 aromatic heterocycles. The van der Waals surface area contributed by atoms with Gasteiger partial charge >= 0.3 is 0 Å². The van der Waals surface area contributed by atoms with Crippen LogP contribution in [0, 0.1) is 5.92 Å². The molecule has 10 heteroatoms. The number of carbonyl (C=O) groups is 1. The molecule has 0 bridgehead atoms. The number of ether oxygens (including phenoxy) is 2. The average molecular weight is 473 g/mol. The zero-order valence-corrected chi connectivity index (χ0v) is 19.6.